The summed E-state index contributed by atoms with van der Waals surface area (Å²) in [6, 6.07) is 17.1. The predicted octanol–water partition coefficient (Wildman–Crippen LogP) is 3.32. The highest BCUT2D eigenvalue weighted by molar-refractivity contribution is 5.89. The smallest absolute Gasteiger partial charge is 0.414 e. The van der Waals surface area contributed by atoms with E-state index >= 15 is 0 Å². The van der Waals surface area contributed by atoms with Crippen molar-refractivity contribution in [1.82, 2.24) is 0 Å². The number of carbonyl (C=O) groups is 2. The van der Waals surface area contributed by atoms with Crippen LogP contribution in [0.2, 0.25) is 0 Å². The van der Waals surface area contributed by atoms with Gasteiger partial charge in [-0.05, 0) is 17.2 Å². The summed E-state index contributed by atoms with van der Waals surface area (Å²) in [5.74, 6) is -0.350. The highest BCUT2D eigenvalue weighted by Crippen LogP contribution is 2.28. The topological polar surface area (TPSA) is 55.8 Å². The van der Waals surface area contributed by atoms with Gasteiger partial charge < -0.3 is 9.47 Å². The van der Waals surface area contributed by atoms with Crippen molar-refractivity contribution in [3.63, 3.8) is 0 Å². The number of para-hydroxylation sites is 1. The minimum atomic E-state index is -0.442. The average molecular weight is 325 g/mol. The van der Waals surface area contributed by atoms with Gasteiger partial charge in [0.1, 0.15) is 12.7 Å². The van der Waals surface area contributed by atoms with Gasteiger partial charge >= 0.3 is 12.1 Å². The molecule has 1 heterocycles. The van der Waals surface area contributed by atoms with Gasteiger partial charge in [-0.15, -0.1) is 0 Å². The standard InChI is InChI=1S/C19H19NO4/c1-14(21)24-17-11-16-9-5-6-10-18(16)20(12-17)19(22)23-13-15-7-3-2-4-8-15/h2-10,17H,11-13H2,1H3/t17-/m0/s1. The lowest BCUT2D eigenvalue weighted by Crippen LogP contribution is -2.44. The van der Waals surface area contributed by atoms with Gasteiger partial charge in [-0.2, -0.15) is 0 Å². The Morgan fingerprint density at radius 3 is 2.54 bits per heavy atom. The first-order valence-corrected chi connectivity index (χ1v) is 7.87. The molecule has 1 amide bonds. The molecule has 3 rings (SSSR count). The lowest BCUT2D eigenvalue weighted by molar-refractivity contribution is -0.145. The summed E-state index contributed by atoms with van der Waals surface area (Å²) in [6.07, 6.45) is -0.206. The lowest BCUT2D eigenvalue weighted by atomic mass is 10.00. The molecule has 0 fully saturated rings. The molecular formula is C19H19NO4. The fourth-order valence-corrected chi connectivity index (χ4v) is 2.84. The fourth-order valence-electron chi connectivity index (χ4n) is 2.84. The van der Waals surface area contributed by atoms with Crippen LogP contribution in [0.3, 0.4) is 0 Å². The van der Waals surface area contributed by atoms with E-state index in [1.54, 1.807) is 0 Å². The van der Waals surface area contributed by atoms with Gasteiger partial charge in [-0.1, -0.05) is 48.5 Å². The van der Waals surface area contributed by atoms with Crippen LogP contribution >= 0.6 is 0 Å². The molecule has 0 saturated heterocycles. The van der Waals surface area contributed by atoms with E-state index in [0.29, 0.717) is 13.0 Å². The maximum atomic E-state index is 12.5. The van der Waals surface area contributed by atoms with Crippen LogP contribution in [0.15, 0.2) is 54.6 Å². The molecule has 1 aliphatic rings. The zero-order chi connectivity index (χ0) is 16.9. The molecule has 24 heavy (non-hydrogen) atoms. The van der Waals surface area contributed by atoms with E-state index in [9.17, 15) is 9.59 Å². The van der Waals surface area contributed by atoms with E-state index in [0.717, 1.165) is 16.8 Å². The predicted molar refractivity (Wildman–Crippen MR) is 89.7 cm³/mol. The van der Waals surface area contributed by atoms with Crippen molar-refractivity contribution in [2.45, 2.75) is 26.1 Å². The number of amides is 1. The van der Waals surface area contributed by atoms with Gasteiger partial charge in [0.25, 0.3) is 0 Å². The van der Waals surface area contributed by atoms with Crippen LogP contribution < -0.4 is 4.90 Å². The third kappa shape index (κ3) is 3.74. The number of rotatable bonds is 3. The van der Waals surface area contributed by atoms with Crippen LogP contribution in [0.4, 0.5) is 10.5 Å². The van der Waals surface area contributed by atoms with Crippen molar-refractivity contribution in [2.75, 3.05) is 11.4 Å². The van der Waals surface area contributed by atoms with Gasteiger partial charge in [0, 0.05) is 13.3 Å². The van der Waals surface area contributed by atoms with Crippen molar-refractivity contribution in [3.05, 3.63) is 65.7 Å². The number of carbonyl (C=O) groups excluding carboxylic acids is 2. The van der Waals surface area contributed by atoms with Gasteiger partial charge in [-0.3, -0.25) is 9.69 Å². The Balaban J connectivity index is 1.74. The molecule has 0 bridgehead atoms. The summed E-state index contributed by atoms with van der Waals surface area (Å²) in [5.41, 5.74) is 2.69. The summed E-state index contributed by atoms with van der Waals surface area (Å²) in [4.78, 5) is 25.3. The van der Waals surface area contributed by atoms with Crippen molar-refractivity contribution < 1.29 is 19.1 Å². The molecule has 0 spiro atoms. The Morgan fingerprint density at radius 2 is 1.79 bits per heavy atom. The van der Waals surface area contributed by atoms with Crippen LogP contribution in [0.25, 0.3) is 0 Å². The van der Waals surface area contributed by atoms with Crippen molar-refractivity contribution in [1.29, 1.82) is 0 Å². The zero-order valence-electron chi connectivity index (χ0n) is 13.5. The molecule has 0 aromatic heterocycles. The first kappa shape index (κ1) is 16.1. The van der Waals surface area contributed by atoms with Crippen LogP contribution in [-0.4, -0.2) is 24.7 Å². The summed E-state index contributed by atoms with van der Waals surface area (Å²) < 4.78 is 10.7. The van der Waals surface area contributed by atoms with E-state index < -0.39 is 6.09 Å². The second-order valence-electron chi connectivity index (χ2n) is 5.72. The monoisotopic (exact) mass is 325 g/mol. The fraction of sp³-hybridized carbons (Fsp3) is 0.263. The first-order chi connectivity index (χ1) is 11.6. The molecule has 124 valence electrons. The molecule has 5 heteroatoms. The summed E-state index contributed by atoms with van der Waals surface area (Å²) >= 11 is 0. The number of nitrogens with zero attached hydrogens (tertiary/aromatic N) is 1. The van der Waals surface area contributed by atoms with Crippen LogP contribution in [-0.2, 0) is 27.3 Å². The molecular weight excluding hydrogens is 306 g/mol. The van der Waals surface area contributed by atoms with E-state index in [2.05, 4.69) is 0 Å². The molecule has 2 aromatic carbocycles. The van der Waals surface area contributed by atoms with E-state index in [1.807, 2.05) is 54.6 Å². The third-order valence-electron chi connectivity index (χ3n) is 3.87. The number of anilines is 1. The normalized spacial score (nSPS) is 16.2. The van der Waals surface area contributed by atoms with Gasteiger partial charge in [0.15, 0.2) is 0 Å². The van der Waals surface area contributed by atoms with Gasteiger partial charge in [0.05, 0.1) is 12.2 Å². The molecule has 1 aliphatic heterocycles. The Hall–Kier alpha value is -2.82. The second kappa shape index (κ2) is 7.17. The van der Waals surface area contributed by atoms with E-state index in [1.165, 1.54) is 11.8 Å². The second-order valence-corrected chi connectivity index (χ2v) is 5.72. The summed E-state index contributed by atoms with van der Waals surface area (Å²) in [7, 11) is 0. The number of esters is 1. The maximum Gasteiger partial charge on any atom is 0.414 e. The first-order valence-electron chi connectivity index (χ1n) is 7.87. The van der Waals surface area contributed by atoms with Crippen LogP contribution in [0.1, 0.15) is 18.1 Å². The Morgan fingerprint density at radius 1 is 1.08 bits per heavy atom. The van der Waals surface area contributed by atoms with Gasteiger partial charge in [-0.25, -0.2) is 4.79 Å². The van der Waals surface area contributed by atoms with Crippen molar-refractivity contribution in [2.24, 2.45) is 0 Å². The average Bonchev–Trinajstić information content (AvgIpc) is 2.59. The largest absolute Gasteiger partial charge is 0.460 e. The molecule has 0 saturated carbocycles. The van der Waals surface area contributed by atoms with Crippen molar-refractivity contribution >= 4 is 17.7 Å². The molecule has 5 nitrogen and oxygen atoms in total. The lowest BCUT2D eigenvalue weighted by Gasteiger charge is -2.33. The number of fused-ring (bicyclic) bond motifs is 1. The molecule has 2 aromatic rings. The van der Waals surface area contributed by atoms with Gasteiger partial charge in [0.2, 0.25) is 0 Å². The highest BCUT2D eigenvalue weighted by Gasteiger charge is 2.30. The molecule has 0 radical (unpaired) electrons. The number of hydrogen-bond acceptors (Lipinski definition) is 4. The molecule has 0 unspecified atom stereocenters. The Labute approximate surface area is 140 Å². The minimum Gasteiger partial charge on any atom is -0.460 e. The maximum absolute atomic E-state index is 12.5. The van der Waals surface area contributed by atoms with E-state index in [-0.39, 0.29) is 18.7 Å². The molecule has 0 N–H and O–H groups in total. The zero-order valence-corrected chi connectivity index (χ0v) is 13.5. The quantitative estimate of drug-likeness (QED) is 0.812. The minimum absolute atomic E-state index is 0.205. The number of benzene rings is 2. The molecule has 1 atom stereocenters. The molecule has 0 aliphatic carbocycles. The SMILES string of the molecule is CC(=O)O[C@H]1Cc2ccccc2N(C(=O)OCc2ccccc2)C1. The van der Waals surface area contributed by atoms with Crippen molar-refractivity contribution in [3.8, 4) is 0 Å². The Kier molecular flexibility index (Phi) is 4.79. The van der Waals surface area contributed by atoms with Crippen LogP contribution in [0, 0.1) is 0 Å². The van der Waals surface area contributed by atoms with E-state index in [4.69, 9.17) is 9.47 Å². The summed E-state index contributed by atoms with van der Waals surface area (Å²) in [6.45, 7) is 1.87. The highest BCUT2D eigenvalue weighted by atomic mass is 16.6. The summed E-state index contributed by atoms with van der Waals surface area (Å²) in [5, 5.41) is 0. The number of ether oxygens (including phenoxy) is 2. The van der Waals surface area contributed by atoms with Crippen LogP contribution in [0.5, 0.6) is 0 Å². The number of hydrogen-bond donors (Lipinski definition) is 0. The third-order valence-corrected chi connectivity index (χ3v) is 3.87. The Bertz CT molecular complexity index is 729.